The number of ether oxygens (including phenoxy) is 1. The number of hydrogen-bond donors (Lipinski definition) is 1. The molecule has 1 aliphatic heterocycles. The summed E-state index contributed by atoms with van der Waals surface area (Å²) in [5, 5.41) is 3.93. The average molecular weight is 474 g/mol. The molecule has 3 heterocycles. The van der Waals surface area contributed by atoms with Gasteiger partial charge >= 0.3 is 0 Å². The number of rotatable bonds is 6. The third-order valence-electron chi connectivity index (χ3n) is 5.89. The number of hydrogen-bond acceptors (Lipinski definition) is 4. The van der Waals surface area contributed by atoms with Gasteiger partial charge < -0.3 is 19.4 Å². The molecule has 5 rings (SSSR count). The van der Waals surface area contributed by atoms with Crippen molar-refractivity contribution in [2.75, 3.05) is 11.5 Å². The van der Waals surface area contributed by atoms with Crippen LogP contribution < -0.4 is 15.0 Å². The highest BCUT2D eigenvalue weighted by Gasteiger charge is 2.42. The van der Waals surface area contributed by atoms with Crippen LogP contribution in [-0.2, 0) is 0 Å². The van der Waals surface area contributed by atoms with Crippen LogP contribution in [0.5, 0.6) is 5.75 Å². The summed E-state index contributed by atoms with van der Waals surface area (Å²) >= 11 is 5.73. The molecule has 34 heavy (non-hydrogen) atoms. The molecular formula is C27H24FN3O2S. The lowest BCUT2D eigenvalue weighted by molar-refractivity contribution is 0.340. The van der Waals surface area contributed by atoms with Crippen molar-refractivity contribution in [3.8, 4) is 17.1 Å². The first kappa shape index (κ1) is 22.1. The maximum atomic E-state index is 14.0. The first-order valence-corrected chi connectivity index (χ1v) is 11.6. The minimum atomic E-state index is -0.302. The van der Waals surface area contributed by atoms with Gasteiger partial charge in [0.15, 0.2) is 5.11 Å². The van der Waals surface area contributed by atoms with Crippen LogP contribution in [0.15, 0.2) is 83.4 Å². The molecule has 5 nitrogen and oxygen atoms in total. The molecule has 1 saturated heterocycles. The fraction of sp³-hybridized carbons (Fsp3) is 0.185. The minimum absolute atomic E-state index is 0.238. The third-order valence-corrected chi connectivity index (χ3v) is 6.20. The molecule has 2 aromatic heterocycles. The van der Waals surface area contributed by atoms with Gasteiger partial charge in [0.2, 0.25) is 0 Å². The zero-order valence-electron chi connectivity index (χ0n) is 18.9. The van der Waals surface area contributed by atoms with Crippen molar-refractivity contribution in [1.29, 1.82) is 0 Å². The molecular weight excluding hydrogens is 449 g/mol. The van der Waals surface area contributed by atoms with Crippen LogP contribution in [0.2, 0.25) is 0 Å². The van der Waals surface area contributed by atoms with Crippen LogP contribution in [-0.4, -0.2) is 16.7 Å². The maximum absolute atomic E-state index is 14.0. The lowest BCUT2D eigenvalue weighted by atomic mass is 10.0. The SMILES string of the molecule is CCOc1ccc(-c2ccc(C3C(c4ccccn4)NC(=S)N3c3ccc(F)c(C)c3)o2)cc1. The first-order chi connectivity index (χ1) is 16.5. The predicted octanol–water partition coefficient (Wildman–Crippen LogP) is 6.36. The summed E-state index contributed by atoms with van der Waals surface area (Å²) in [4.78, 5) is 6.53. The highest BCUT2D eigenvalue weighted by atomic mass is 32.1. The smallest absolute Gasteiger partial charge is 0.174 e. The Morgan fingerprint density at radius 2 is 1.91 bits per heavy atom. The summed E-state index contributed by atoms with van der Waals surface area (Å²) in [5.74, 6) is 2.03. The van der Waals surface area contributed by atoms with Crippen molar-refractivity contribution in [2.45, 2.75) is 25.9 Å². The summed E-state index contributed by atoms with van der Waals surface area (Å²) in [5.41, 5.74) is 3.13. The number of aromatic nitrogens is 1. The van der Waals surface area contributed by atoms with Crippen LogP contribution in [0.4, 0.5) is 10.1 Å². The molecule has 2 atom stereocenters. The van der Waals surface area contributed by atoms with E-state index in [4.69, 9.17) is 21.4 Å². The van der Waals surface area contributed by atoms with Gasteiger partial charge in [0.25, 0.3) is 0 Å². The first-order valence-electron chi connectivity index (χ1n) is 11.1. The number of furan rings is 1. The number of pyridine rings is 1. The van der Waals surface area contributed by atoms with Gasteiger partial charge in [-0.05, 0) is 98.4 Å². The molecule has 2 unspecified atom stereocenters. The van der Waals surface area contributed by atoms with Crippen molar-refractivity contribution in [1.82, 2.24) is 10.3 Å². The topological polar surface area (TPSA) is 50.5 Å². The van der Waals surface area contributed by atoms with E-state index in [1.165, 1.54) is 6.07 Å². The fourth-order valence-corrected chi connectivity index (χ4v) is 4.60. The molecule has 0 radical (unpaired) electrons. The Bertz CT molecular complexity index is 1310. The van der Waals surface area contributed by atoms with Gasteiger partial charge in [-0.2, -0.15) is 0 Å². The lowest BCUT2D eigenvalue weighted by Gasteiger charge is -2.26. The van der Waals surface area contributed by atoms with Crippen molar-refractivity contribution < 1.29 is 13.5 Å². The summed E-state index contributed by atoms with van der Waals surface area (Å²) < 4.78 is 25.9. The van der Waals surface area contributed by atoms with Gasteiger partial charge in [0.05, 0.1) is 18.3 Å². The second-order valence-corrected chi connectivity index (χ2v) is 8.48. The summed E-state index contributed by atoms with van der Waals surface area (Å²) in [6.45, 7) is 4.32. The minimum Gasteiger partial charge on any atom is -0.494 e. The Hall–Kier alpha value is -3.71. The third kappa shape index (κ3) is 4.15. The van der Waals surface area contributed by atoms with E-state index in [0.29, 0.717) is 17.3 Å². The molecule has 1 fully saturated rings. The Morgan fingerprint density at radius 1 is 1.09 bits per heavy atom. The van der Waals surface area contributed by atoms with Gasteiger partial charge in [-0.3, -0.25) is 4.98 Å². The number of halogens is 1. The molecule has 1 N–H and O–H groups in total. The van der Waals surface area contributed by atoms with Gasteiger partial charge in [-0.15, -0.1) is 0 Å². The number of benzene rings is 2. The van der Waals surface area contributed by atoms with Gasteiger partial charge in [0, 0.05) is 17.4 Å². The van der Waals surface area contributed by atoms with Crippen LogP contribution in [0.1, 0.15) is 36.0 Å². The van der Waals surface area contributed by atoms with Crippen molar-refractivity contribution in [3.63, 3.8) is 0 Å². The molecule has 172 valence electrons. The molecule has 0 aliphatic carbocycles. The Morgan fingerprint density at radius 3 is 2.62 bits per heavy atom. The maximum Gasteiger partial charge on any atom is 0.174 e. The van der Waals surface area contributed by atoms with Gasteiger partial charge in [-0.1, -0.05) is 6.07 Å². The second-order valence-electron chi connectivity index (χ2n) is 8.09. The Kier molecular flexibility index (Phi) is 6.02. The zero-order valence-corrected chi connectivity index (χ0v) is 19.7. The normalized spacial score (nSPS) is 17.6. The highest BCUT2D eigenvalue weighted by Crippen LogP contribution is 2.43. The molecule has 0 bridgehead atoms. The summed E-state index contributed by atoms with van der Waals surface area (Å²) in [6, 6.07) is 22.0. The average Bonchev–Trinajstić information content (AvgIpc) is 3.47. The largest absolute Gasteiger partial charge is 0.494 e. The van der Waals surface area contributed by atoms with Crippen LogP contribution in [0.3, 0.4) is 0 Å². The van der Waals surface area contributed by atoms with E-state index in [1.807, 2.05) is 66.4 Å². The van der Waals surface area contributed by atoms with Crippen molar-refractivity contribution in [2.24, 2.45) is 0 Å². The standard InChI is InChI=1S/C27H24FN3O2S/c1-3-32-20-10-7-18(8-11-20)23-13-14-24(33-23)26-25(22-6-4-5-15-29-22)30-27(34)31(26)19-9-12-21(28)17(2)16-19/h4-16,25-26H,3H2,1-2H3,(H,30,34). The van der Waals surface area contributed by atoms with E-state index in [2.05, 4.69) is 10.3 Å². The van der Waals surface area contributed by atoms with E-state index in [1.54, 1.807) is 25.3 Å². The van der Waals surface area contributed by atoms with Crippen molar-refractivity contribution >= 4 is 23.0 Å². The number of thiocarbonyl (C=S) groups is 1. The predicted molar refractivity (Wildman–Crippen MR) is 134 cm³/mol. The van der Waals surface area contributed by atoms with E-state index >= 15 is 0 Å². The molecule has 0 amide bonds. The van der Waals surface area contributed by atoms with E-state index < -0.39 is 0 Å². The molecule has 7 heteroatoms. The Balaban J connectivity index is 1.55. The lowest BCUT2D eigenvalue weighted by Crippen LogP contribution is -2.29. The van der Waals surface area contributed by atoms with Gasteiger partial charge in [-0.25, -0.2) is 4.39 Å². The van der Waals surface area contributed by atoms with E-state index in [-0.39, 0.29) is 17.9 Å². The molecule has 0 spiro atoms. The number of nitrogens with one attached hydrogen (secondary N) is 1. The molecule has 1 aliphatic rings. The molecule has 2 aromatic carbocycles. The number of nitrogens with zero attached hydrogens (tertiary/aromatic N) is 2. The monoisotopic (exact) mass is 473 g/mol. The van der Waals surface area contributed by atoms with E-state index in [9.17, 15) is 4.39 Å². The second kappa shape index (κ2) is 9.27. The van der Waals surface area contributed by atoms with Crippen molar-refractivity contribution in [3.05, 3.63) is 102 Å². The number of aryl methyl sites for hydroxylation is 1. The van der Waals surface area contributed by atoms with Crippen LogP contribution in [0, 0.1) is 12.7 Å². The number of anilines is 1. The zero-order chi connectivity index (χ0) is 23.7. The van der Waals surface area contributed by atoms with Crippen LogP contribution >= 0.6 is 12.2 Å². The summed E-state index contributed by atoms with van der Waals surface area (Å²) in [7, 11) is 0. The highest BCUT2D eigenvalue weighted by molar-refractivity contribution is 7.80. The Labute approximate surface area is 203 Å². The fourth-order valence-electron chi connectivity index (χ4n) is 4.25. The van der Waals surface area contributed by atoms with E-state index in [0.717, 1.165) is 34.2 Å². The molecule has 4 aromatic rings. The van der Waals surface area contributed by atoms with Gasteiger partial charge in [0.1, 0.15) is 29.1 Å². The quantitative estimate of drug-likeness (QED) is 0.329. The van der Waals surface area contributed by atoms with Crippen LogP contribution in [0.25, 0.3) is 11.3 Å². The summed E-state index contributed by atoms with van der Waals surface area (Å²) in [6.07, 6.45) is 1.76. The molecule has 0 saturated carbocycles.